The fourth-order valence-electron chi connectivity index (χ4n) is 4.77. The van der Waals surface area contributed by atoms with E-state index in [0.29, 0.717) is 38.7 Å². The van der Waals surface area contributed by atoms with Gasteiger partial charge in [0, 0.05) is 19.5 Å². The Labute approximate surface area is 246 Å². The Bertz CT molecular complexity index is 1230. The molecule has 2 saturated heterocycles. The fourth-order valence-corrected chi connectivity index (χ4v) is 4.77. The molecule has 2 aliphatic heterocycles. The molecule has 3 unspecified atom stereocenters. The molecular weight excluding hydrogens is 540 g/mol. The average Bonchev–Trinajstić information content (AvgIpc) is 3.75. The van der Waals surface area contributed by atoms with E-state index in [9.17, 15) is 19.2 Å². The van der Waals surface area contributed by atoms with Crippen molar-refractivity contribution in [2.75, 3.05) is 46.6 Å². The first kappa shape index (κ1) is 31.1. The maximum Gasteiger partial charge on any atom is 0.243 e. The van der Waals surface area contributed by atoms with Crippen molar-refractivity contribution in [2.24, 2.45) is 0 Å². The minimum absolute atomic E-state index is 0.154. The SMILES string of the molecule is COc1ccc(C[C@H](NC(=O)C(C)NC(=O)CN2CCOCC2)C(=O)NC(Cc2ccccc2)C(=O)C2(C)CO2)cc1. The minimum atomic E-state index is -1.01. The smallest absolute Gasteiger partial charge is 0.243 e. The van der Waals surface area contributed by atoms with E-state index in [1.165, 1.54) is 0 Å². The lowest BCUT2D eigenvalue weighted by atomic mass is 9.94. The van der Waals surface area contributed by atoms with E-state index in [1.54, 1.807) is 33.1 Å². The van der Waals surface area contributed by atoms with E-state index in [2.05, 4.69) is 16.0 Å². The van der Waals surface area contributed by atoms with Gasteiger partial charge in [-0.2, -0.15) is 0 Å². The molecule has 0 spiro atoms. The van der Waals surface area contributed by atoms with Gasteiger partial charge in [-0.15, -0.1) is 0 Å². The van der Waals surface area contributed by atoms with Crippen LogP contribution in [0.15, 0.2) is 54.6 Å². The standard InChI is InChI=1S/C31H40N4O7/c1-21(32-27(36)19-35-13-15-41-16-14-35)29(38)34-26(18-23-9-11-24(40-3)12-10-23)30(39)33-25(28(37)31(2)20-42-31)17-22-7-5-4-6-8-22/h4-12,21,25-26H,13-20H2,1-3H3,(H,32,36)(H,33,39)(H,34,38)/t21?,25?,26-,31?/m0/s1. The third kappa shape index (κ3) is 8.85. The fraction of sp³-hybridized carbons (Fsp3) is 0.484. The zero-order chi connectivity index (χ0) is 30.1. The maximum atomic E-state index is 13.7. The number of ether oxygens (including phenoxy) is 3. The third-order valence-corrected chi connectivity index (χ3v) is 7.49. The van der Waals surface area contributed by atoms with Crippen LogP contribution in [0.25, 0.3) is 0 Å². The lowest BCUT2D eigenvalue weighted by Crippen LogP contribution is -2.57. The molecule has 0 aliphatic carbocycles. The summed E-state index contributed by atoms with van der Waals surface area (Å²) in [4.78, 5) is 54.8. The number of nitrogens with zero attached hydrogens (tertiary/aromatic N) is 1. The quantitative estimate of drug-likeness (QED) is 0.277. The first-order chi connectivity index (χ1) is 20.2. The molecule has 226 valence electrons. The third-order valence-electron chi connectivity index (χ3n) is 7.49. The molecule has 0 saturated carbocycles. The van der Waals surface area contributed by atoms with Crippen LogP contribution in [-0.4, -0.2) is 98.7 Å². The minimum Gasteiger partial charge on any atom is -0.497 e. The monoisotopic (exact) mass is 580 g/mol. The number of benzene rings is 2. The van der Waals surface area contributed by atoms with Gasteiger partial charge in [-0.3, -0.25) is 24.1 Å². The van der Waals surface area contributed by atoms with Gasteiger partial charge >= 0.3 is 0 Å². The summed E-state index contributed by atoms with van der Waals surface area (Å²) in [5.41, 5.74) is 0.720. The van der Waals surface area contributed by atoms with Crippen molar-refractivity contribution < 1.29 is 33.4 Å². The van der Waals surface area contributed by atoms with Gasteiger partial charge in [0.15, 0.2) is 5.78 Å². The van der Waals surface area contributed by atoms with Crippen molar-refractivity contribution in [3.05, 3.63) is 65.7 Å². The Kier molecular flexibility index (Phi) is 10.7. The average molecular weight is 581 g/mol. The number of hydrogen-bond donors (Lipinski definition) is 3. The molecule has 0 bridgehead atoms. The highest BCUT2D eigenvalue weighted by atomic mass is 16.6. The summed E-state index contributed by atoms with van der Waals surface area (Å²) in [5.74, 6) is -0.876. The number of Topliss-reactive ketones (excluding diaryl/α,β-unsaturated/α-hetero) is 1. The highest BCUT2D eigenvalue weighted by molar-refractivity contribution is 5.98. The Morgan fingerprint density at radius 1 is 0.881 bits per heavy atom. The van der Waals surface area contributed by atoms with Gasteiger partial charge in [0.2, 0.25) is 17.7 Å². The van der Waals surface area contributed by atoms with Crippen LogP contribution in [-0.2, 0) is 41.5 Å². The molecule has 2 heterocycles. The molecule has 3 amide bonds. The zero-order valence-corrected chi connectivity index (χ0v) is 24.4. The van der Waals surface area contributed by atoms with Crippen LogP contribution in [0.5, 0.6) is 5.75 Å². The van der Waals surface area contributed by atoms with Crippen LogP contribution in [0.4, 0.5) is 0 Å². The van der Waals surface area contributed by atoms with E-state index >= 15 is 0 Å². The van der Waals surface area contributed by atoms with Crippen LogP contribution in [0.1, 0.15) is 25.0 Å². The van der Waals surface area contributed by atoms with E-state index in [4.69, 9.17) is 14.2 Å². The van der Waals surface area contributed by atoms with E-state index < -0.39 is 35.5 Å². The number of rotatable bonds is 14. The topological polar surface area (TPSA) is 139 Å². The van der Waals surface area contributed by atoms with Crippen LogP contribution < -0.4 is 20.7 Å². The molecule has 2 fully saturated rings. The van der Waals surface area contributed by atoms with Crippen molar-refractivity contribution in [1.29, 1.82) is 0 Å². The molecule has 3 N–H and O–H groups in total. The first-order valence-corrected chi connectivity index (χ1v) is 14.2. The molecule has 0 radical (unpaired) electrons. The Morgan fingerprint density at radius 2 is 1.48 bits per heavy atom. The Hall–Kier alpha value is -3.80. The molecular formula is C31H40N4O7. The summed E-state index contributed by atoms with van der Waals surface area (Å²) >= 11 is 0. The second-order valence-electron chi connectivity index (χ2n) is 10.9. The number of ketones is 1. The number of morpholine rings is 1. The van der Waals surface area contributed by atoms with Gasteiger partial charge in [-0.1, -0.05) is 42.5 Å². The van der Waals surface area contributed by atoms with Gasteiger partial charge in [0.05, 0.1) is 39.5 Å². The normalized spacial score (nSPS) is 20.5. The molecule has 0 aromatic heterocycles. The van der Waals surface area contributed by atoms with Crippen LogP contribution in [0, 0.1) is 0 Å². The molecule has 11 nitrogen and oxygen atoms in total. The van der Waals surface area contributed by atoms with Gasteiger partial charge in [-0.25, -0.2) is 0 Å². The lowest BCUT2D eigenvalue weighted by Gasteiger charge is -2.27. The summed E-state index contributed by atoms with van der Waals surface area (Å²) in [6, 6.07) is 13.8. The molecule has 42 heavy (non-hydrogen) atoms. The Morgan fingerprint density at radius 3 is 2.10 bits per heavy atom. The van der Waals surface area contributed by atoms with Crippen molar-refractivity contribution >= 4 is 23.5 Å². The summed E-state index contributed by atoms with van der Waals surface area (Å²) in [6.07, 6.45) is 0.442. The van der Waals surface area contributed by atoms with Gasteiger partial charge < -0.3 is 30.2 Å². The second-order valence-corrected chi connectivity index (χ2v) is 10.9. The second kappa shape index (κ2) is 14.4. The molecule has 2 aromatic rings. The lowest BCUT2D eigenvalue weighted by molar-refractivity contribution is -0.134. The highest BCUT2D eigenvalue weighted by Crippen LogP contribution is 2.29. The van der Waals surface area contributed by atoms with Gasteiger partial charge in [-0.05, 0) is 43.5 Å². The van der Waals surface area contributed by atoms with Crippen LogP contribution >= 0.6 is 0 Å². The van der Waals surface area contributed by atoms with Crippen LogP contribution in [0.3, 0.4) is 0 Å². The molecule has 4 atom stereocenters. The summed E-state index contributed by atoms with van der Waals surface area (Å²) in [5, 5.41) is 8.39. The number of amides is 3. The van der Waals surface area contributed by atoms with E-state index in [-0.39, 0.29) is 31.1 Å². The molecule has 11 heteroatoms. The summed E-state index contributed by atoms with van der Waals surface area (Å²) in [6.45, 7) is 6.13. The number of nitrogens with one attached hydrogen (secondary N) is 3. The number of hydrogen-bond acceptors (Lipinski definition) is 8. The van der Waals surface area contributed by atoms with Crippen LogP contribution in [0.2, 0.25) is 0 Å². The number of carbonyl (C=O) groups is 4. The van der Waals surface area contributed by atoms with E-state index in [1.807, 2.05) is 47.4 Å². The molecule has 2 aromatic carbocycles. The largest absolute Gasteiger partial charge is 0.497 e. The van der Waals surface area contributed by atoms with Crippen molar-refractivity contribution in [2.45, 2.75) is 50.4 Å². The van der Waals surface area contributed by atoms with E-state index in [0.717, 1.165) is 11.1 Å². The van der Waals surface area contributed by atoms with Crippen molar-refractivity contribution in [3.8, 4) is 5.75 Å². The van der Waals surface area contributed by atoms with Crippen molar-refractivity contribution in [3.63, 3.8) is 0 Å². The van der Waals surface area contributed by atoms with Crippen molar-refractivity contribution in [1.82, 2.24) is 20.9 Å². The number of carbonyl (C=O) groups excluding carboxylic acids is 4. The summed E-state index contributed by atoms with van der Waals surface area (Å²) in [7, 11) is 1.56. The number of methoxy groups -OCH3 is 1. The number of epoxide rings is 1. The predicted octanol–water partition coefficient (Wildman–Crippen LogP) is 0.645. The van der Waals surface area contributed by atoms with Gasteiger partial charge in [0.25, 0.3) is 0 Å². The maximum absolute atomic E-state index is 13.7. The zero-order valence-electron chi connectivity index (χ0n) is 24.4. The highest BCUT2D eigenvalue weighted by Gasteiger charge is 2.50. The Balaban J connectivity index is 1.46. The van der Waals surface area contributed by atoms with Gasteiger partial charge in [0.1, 0.15) is 23.4 Å². The predicted molar refractivity (Wildman–Crippen MR) is 155 cm³/mol. The molecule has 4 rings (SSSR count). The first-order valence-electron chi connectivity index (χ1n) is 14.2. The summed E-state index contributed by atoms with van der Waals surface area (Å²) < 4.78 is 15.9. The molecule has 2 aliphatic rings.